The van der Waals surface area contributed by atoms with Crippen LogP contribution in [-0.2, 0) is 0 Å². The number of carbonyl (C=O) groups excluding carboxylic acids is 1. The average molecular weight is 266 g/mol. The standard InChI is InChI=1S/C10H14N6OS/c1-4-11-10-16-15-9(18-10)8(17)12-7-5(2)13-14-6(7)3/h4H2,1-3H3,(H,11,16)(H,12,17)(H,13,14). The third kappa shape index (κ3) is 2.48. The Morgan fingerprint density at radius 2 is 2.17 bits per heavy atom. The van der Waals surface area contributed by atoms with Crippen LogP contribution in [0.25, 0.3) is 0 Å². The van der Waals surface area contributed by atoms with E-state index in [0.717, 1.165) is 17.9 Å². The summed E-state index contributed by atoms with van der Waals surface area (Å²) in [5, 5.41) is 21.3. The molecule has 0 aliphatic carbocycles. The summed E-state index contributed by atoms with van der Waals surface area (Å²) in [5.74, 6) is -0.274. The molecule has 0 unspecified atom stereocenters. The van der Waals surface area contributed by atoms with E-state index in [1.165, 1.54) is 11.3 Å². The van der Waals surface area contributed by atoms with Crippen LogP contribution in [-0.4, -0.2) is 32.8 Å². The number of aryl methyl sites for hydroxylation is 2. The van der Waals surface area contributed by atoms with Gasteiger partial charge in [-0.25, -0.2) is 0 Å². The zero-order chi connectivity index (χ0) is 13.1. The first-order valence-corrected chi connectivity index (χ1v) is 6.33. The van der Waals surface area contributed by atoms with Gasteiger partial charge in [0.15, 0.2) is 0 Å². The highest BCUT2D eigenvalue weighted by Crippen LogP contribution is 2.20. The van der Waals surface area contributed by atoms with E-state index in [1.54, 1.807) is 0 Å². The third-order valence-corrected chi connectivity index (χ3v) is 3.19. The Labute approximate surface area is 108 Å². The number of nitrogens with zero attached hydrogens (tertiary/aromatic N) is 3. The quantitative estimate of drug-likeness (QED) is 0.780. The van der Waals surface area contributed by atoms with Crippen LogP contribution in [0, 0.1) is 13.8 Å². The maximum atomic E-state index is 12.0. The first kappa shape index (κ1) is 12.5. The molecule has 0 aromatic carbocycles. The summed E-state index contributed by atoms with van der Waals surface area (Å²) in [4.78, 5) is 12.0. The molecule has 1 amide bonds. The number of nitrogens with one attached hydrogen (secondary N) is 3. The zero-order valence-corrected chi connectivity index (χ0v) is 11.2. The van der Waals surface area contributed by atoms with Crippen LogP contribution in [0.4, 0.5) is 10.8 Å². The van der Waals surface area contributed by atoms with E-state index in [2.05, 4.69) is 31.0 Å². The Balaban J connectivity index is 2.12. The van der Waals surface area contributed by atoms with Crippen LogP contribution in [0.15, 0.2) is 0 Å². The molecule has 3 N–H and O–H groups in total. The van der Waals surface area contributed by atoms with Gasteiger partial charge in [-0.1, -0.05) is 11.3 Å². The third-order valence-electron chi connectivity index (χ3n) is 2.31. The van der Waals surface area contributed by atoms with Crippen molar-refractivity contribution >= 4 is 28.1 Å². The fourth-order valence-corrected chi connectivity index (χ4v) is 2.15. The number of hydrogen-bond donors (Lipinski definition) is 3. The molecule has 0 saturated carbocycles. The van der Waals surface area contributed by atoms with Crippen LogP contribution in [0.3, 0.4) is 0 Å². The van der Waals surface area contributed by atoms with E-state index in [-0.39, 0.29) is 5.91 Å². The molecule has 8 heteroatoms. The molecule has 2 rings (SSSR count). The van der Waals surface area contributed by atoms with E-state index >= 15 is 0 Å². The first-order chi connectivity index (χ1) is 8.61. The monoisotopic (exact) mass is 266 g/mol. The lowest BCUT2D eigenvalue weighted by Crippen LogP contribution is -2.12. The molecule has 0 bridgehead atoms. The Hall–Kier alpha value is -1.96. The molecular weight excluding hydrogens is 252 g/mol. The topological polar surface area (TPSA) is 95.6 Å². The summed E-state index contributed by atoms with van der Waals surface area (Å²) in [5.41, 5.74) is 2.26. The van der Waals surface area contributed by atoms with E-state index in [0.29, 0.717) is 15.8 Å². The number of rotatable bonds is 4. The predicted octanol–water partition coefficient (Wildman–Crippen LogP) is 1.56. The smallest absolute Gasteiger partial charge is 0.286 e. The molecule has 0 saturated heterocycles. The summed E-state index contributed by atoms with van der Waals surface area (Å²) >= 11 is 1.22. The number of H-pyrrole nitrogens is 1. The molecule has 2 aromatic heterocycles. The van der Waals surface area contributed by atoms with Crippen molar-refractivity contribution in [2.45, 2.75) is 20.8 Å². The highest BCUT2D eigenvalue weighted by atomic mass is 32.1. The molecule has 18 heavy (non-hydrogen) atoms. The Morgan fingerprint density at radius 3 is 2.78 bits per heavy atom. The van der Waals surface area contributed by atoms with Crippen LogP contribution in [0.5, 0.6) is 0 Å². The number of amides is 1. The van der Waals surface area contributed by atoms with Gasteiger partial charge < -0.3 is 10.6 Å². The molecule has 0 radical (unpaired) electrons. The van der Waals surface area contributed by atoms with Gasteiger partial charge in [0.25, 0.3) is 5.91 Å². The molecule has 7 nitrogen and oxygen atoms in total. The van der Waals surface area contributed by atoms with Crippen molar-refractivity contribution in [3.8, 4) is 0 Å². The lowest BCUT2D eigenvalue weighted by Gasteiger charge is -2.01. The van der Waals surface area contributed by atoms with Gasteiger partial charge in [-0.3, -0.25) is 9.89 Å². The minimum Gasteiger partial charge on any atom is -0.360 e. The normalized spacial score (nSPS) is 10.4. The molecule has 0 aliphatic heterocycles. The van der Waals surface area contributed by atoms with E-state index < -0.39 is 0 Å². The SMILES string of the molecule is CCNc1nnc(C(=O)Nc2c(C)n[nH]c2C)s1. The molecule has 2 aromatic rings. The lowest BCUT2D eigenvalue weighted by atomic mass is 10.3. The Kier molecular flexibility index (Phi) is 3.56. The van der Waals surface area contributed by atoms with Crippen molar-refractivity contribution in [2.24, 2.45) is 0 Å². The highest BCUT2D eigenvalue weighted by molar-refractivity contribution is 7.17. The fraction of sp³-hybridized carbons (Fsp3) is 0.400. The maximum absolute atomic E-state index is 12.0. The minimum absolute atomic E-state index is 0.274. The summed E-state index contributed by atoms with van der Waals surface area (Å²) in [7, 11) is 0. The van der Waals surface area contributed by atoms with E-state index in [1.807, 2.05) is 20.8 Å². The predicted molar refractivity (Wildman–Crippen MR) is 70.1 cm³/mol. The largest absolute Gasteiger partial charge is 0.360 e. The van der Waals surface area contributed by atoms with Crippen molar-refractivity contribution in [1.82, 2.24) is 20.4 Å². The Bertz CT molecular complexity index is 541. The van der Waals surface area contributed by atoms with Gasteiger partial charge in [0, 0.05) is 6.54 Å². The number of aromatic amines is 1. The molecule has 0 aliphatic rings. The first-order valence-electron chi connectivity index (χ1n) is 5.52. The summed E-state index contributed by atoms with van der Waals surface area (Å²) < 4.78 is 0. The maximum Gasteiger partial charge on any atom is 0.286 e. The second-order valence-electron chi connectivity index (χ2n) is 3.71. The minimum atomic E-state index is -0.274. The molecule has 0 spiro atoms. The van der Waals surface area contributed by atoms with Crippen LogP contribution in [0.2, 0.25) is 0 Å². The van der Waals surface area contributed by atoms with Gasteiger partial charge in [-0.05, 0) is 20.8 Å². The zero-order valence-electron chi connectivity index (χ0n) is 10.4. The van der Waals surface area contributed by atoms with Gasteiger partial charge >= 0.3 is 0 Å². The second-order valence-corrected chi connectivity index (χ2v) is 4.68. The molecule has 96 valence electrons. The Morgan fingerprint density at radius 1 is 1.39 bits per heavy atom. The van der Waals surface area contributed by atoms with Gasteiger partial charge in [-0.15, -0.1) is 10.2 Å². The van der Waals surface area contributed by atoms with Crippen LogP contribution >= 0.6 is 11.3 Å². The highest BCUT2D eigenvalue weighted by Gasteiger charge is 2.16. The number of carbonyl (C=O) groups is 1. The summed E-state index contributed by atoms with van der Waals surface area (Å²) in [6, 6.07) is 0. The van der Waals surface area contributed by atoms with Crippen molar-refractivity contribution in [3.05, 3.63) is 16.4 Å². The van der Waals surface area contributed by atoms with Crippen molar-refractivity contribution in [3.63, 3.8) is 0 Å². The average Bonchev–Trinajstić information content (AvgIpc) is 2.91. The van der Waals surface area contributed by atoms with Crippen molar-refractivity contribution in [2.75, 3.05) is 17.2 Å². The number of anilines is 2. The fourth-order valence-electron chi connectivity index (χ4n) is 1.44. The number of aromatic nitrogens is 4. The van der Waals surface area contributed by atoms with Gasteiger partial charge in [0.2, 0.25) is 10.1 Å². The number of hydrogen-bond acceptors (Lipinski definition) is 6. The van der Waals surface area contributed by atoms with Crippen LogP contribution in [0.1, 0.15) is 28.1 Å². The van der Waals surface area contributed by atoms with Gasteiger partial charge in [-0.2, -0.15) is 5.10 Å². The molecule has 0 atom stereocenters. The molecule has 2 heterocycles. The lowest BCUT2D eigenvalue weighted by molar-refractivity contribution is 0.102. The summed E-state index contributed by atoms with van der Waals surface area (Å²) in [6.45, 7) is 6.37. The van der Waals surface area contributed by atoms with Gasteiger partial charge in [0.1, 0.15) is 0 Å². The van der Waals surface area contributed by atoms with Crippen molar-refractivity contribution < 1.29 is 4.79 Å². The van der Waals surface area contributed by atoms with E-state index in [4.69, 9.17) is 0 Å². The van der Waals surface area contributed by atoms with Crippen LogP contribution < -0.4 is 10.6 Å². The second kappa shape index (κ2) is 5.13. The summed E-state index contributed by atoms with van der Waals surface area (Å²) in [6.07, 6.45) is 0. The van der Waals surface area contributed by atoms with Crippen molar-refractivity contribution in [1.29, 1.82) is 0 Å². The van der Waals surface area contributed by atoms with E-state index in [9.17, 15) is 4.79 Å². The molecular formula is C10H14N6OS. The van der Waals surface area contributed by atoms with Gasteiger partial charge in [0.05, 0.1) is 17.1 Å². The molecule has 0 fully saturated rings.